The van der Waals surface area contributed by atoms with Gasteiger partial charge in [0.05, 0.1) is 5.56 Å². The van der Waals surface area contributed by atoms with Gasteiger partial charge in [-0.3, -0.25) is 24.5 Å². The van der Waals surface area contributed by atoms with Crippen LogP contribution in [-0.2, 0) is 33.3 Å². The van der Waals surface area contributed by atoms with Gasteiger partial charge in [-0.25, -0.2) is 4.39 Å². The molecule has 4 rings (SSSR count). The first-order valence-electron chi connectivity index (χ1n) is 10.2. The monoisotopic (exact) mass is 478 g/mol. The van der Waals surface area contributed by atoms with Crippen molar-refractivity contribution in [3.8, 4) is 0 Å². The molecule has 1 atom stereocenters. The van der Waals surface area contributed by atoms with Gasteiger partial charge in [0.2, 0.25) is 17.6 Å². The van der Waals surface area contributed by atoms with Gasteiger partial charge >= 0.3 is 5.92 Å². The van der Waals surface area contributed by atoms with E-state index in [9.17, 15) is 32.3 Å². The van der Waals surface area contributed by atoms with Crippen molar-refractivity contribution in [3.05, 3.63) is 69.5 Å². The third-order valence-corrected chi connectivity index (χ3v) is 6.08. The van der Waals surface area contributed by atoms with Crippen molar-refractivity contribution in [1.29, 1.82) is 0 Å². The van der Waals surface area contributed by atoms with E-state index in [1.165, 1.54) is 11.0 Å². The number of ketones is 1. The van der Waals surface area contributed by atoms with Crippen molar-refractivity contribution in [2.24, 2.45) is 0 Å². The van der Waals surface area contributed by atoms with Crippen molar-refractivity contribution in [1.82, 2.24) is 10.2 Å². The van der Waals surface area contributed by atoms with E-state index < -0.39 is 41.5 Å². The second-order valence-corrected chi connectivity index (χ2v) is 8.45. The minimum atomic E-state index is -4.01. The molecule has 2 heterocycles. The Bertz CT molecular complexity index is 1180. The summed E-state index contributed by atoms with van der Waals surface area (Å²) in [5, 5.41) is 2.16. The summed E-state index contributed by atoms with van der Waals surface area (Å²) in [5.41, 5.74) is 0.497. The Labute approximate surface area is 191 Å². The molecule has 2 aliphatic heterocycles. The molecular formula is C23H18ClF3N2O4. The number of hydrogen-bond donors (Lipinski definition) is 1. The van der Waals surface area contributed by atoms with E-state index in [0.717, 1.165) is 18.2 Å². The van der Waals surface area contributed by atoms with E-state index >= 15 is 0 Å². The van der Waals surface area contributed by atoms with E-state index in [1.54, 1.807) is 12.1 Å². The number of fused-ring (bicyclic) bond motifs is 1. The highest BCUT2D eigenvalue weighted by Gasteiger charge is 2.42. The van der Waals surface area contributed by atoms with E-state index in [0.29, 0.717) is 16.7 Å². The number of nitrogens with one attached hydrogen (secondary N) is 1. The Morgan fingerprint density at radius 1 is 1.15 bits per heavy atom. The van der Waals surface area contributed by atoms with Crippen LogP contribution in [0.5, 0.6) is 0 Å². The molecule has 10 heteroatoms. The Hall–Kier alpha value is -3.20. The number of aryl methyl sites for hydroxylation is 1. The highest BCUT2D eigenvalue weighted by atomic mass is 35.5. The van der Waals surface area contributed by atoms with Crippen LogP contribution in [0.3, 0.4) is 0 Å². The van der Waals surface area contributed by atoms with Gasteiger partial charge in [0.25, 0.3) is 5.91 Å². The van der Waals surface area contributed by atoms with Crippen molar-refractivity contribution in [2.45, 2.75) is 44.2 Å². The Morgan fingerprint density at radius 2 is 1.91 bits per heavy atom. The Morgan fingerprint density at radius 3 is 2.61 bits per heavy atom. The maximum atomic E-state index is 14.5. The number of piperidine rings is 1. The molecule has 0 bridgehead atoms. The fourth-order valence-corrected chi connectivity index (χ4v) is 4.25. The second-order valence-electron chi connectivity index (χ2n) is 8.01. The number of carbonyl (C=O) groups is 4. The molecule has 172 valence electrons. The first-order chi connectivity index (χ1) is 15.6. The lowest BCUT2D eigenvalue weighted by atomic mass is 9.97. The van der Waals surface area contributed by atoms with E-state index in [1.807, 2.05) is 0 Å². The molecule has 33 heavy (non-hydrogen) atoms. The molecule has 0 radical (unpaired) electrons. The molecule has 0 aromatic heterocycles. The van der Waals surface area contributed by atoms with Gasteiger partial charge in [-0.1, -0.05) is 23.7 Å². The molecule has 1 fully saturated rings. The zero-order valence-corrected chi connectivity index (χ0v) is 17.9. The van der Waals surface area contributed by atoms with Crippen molar-refractivity contribution >= 4 is 35.1 Å². The van der Waals surface area contributed by atoms with Crippen LogP contribution in [-0.4, -0.2) is 34.4 Å². The van der Waals surface area contributed by atoms with Crippen LogP contribution in [0.15, 0.2) is 36.4 Å². The lowest BCUT2D eigenvalue weighted by Gasteiger charge is -2.29. The van der Waals surface area contributed by atoms with Crippen LogP contribution in [0, 0.1) is 5.82 Å². The van der Waals surface area contributed by atoms with E-state index in [2.05, 4.69) is 5.32 Å². The van der Waals surface area contributed by atoms with Gasteiger partial charge in [-0.05, 0) is 48.2 Å². The maximum absolute atomic E-state index is 14.5. The van der Waals surface area contributed by atoms with Crippen LogP contribution in [0.2, 0.25) is 5.02 Å². The highest BCUT2D eigenvalue weighted by Crippen LogP contribution is 2.34. The third kappa shape index (κ3) is 4.37. The van der Waals surface area contributed by atoms with Gasteiger partial charge < -0.3 is 4.90 Å². The second kappa shape index (κ2) is 8.62. The van der Waals surface area contributed by atoms with Crippen LogP contribution in [0.4, 0.5) is 13.2 Å². The van der Waals surface area contributed by atoms with Gasteiger partial charge in [0.1, 0.15) is 11.9 Å². The molecule has 2 aromatic carbocycles. The Balaban J connectivity index is 1.44. The number of hydrogen-bond acceptors (Lipinski definition) is 4. The summed E-state index contributed by atoms with van der Waals surface area (Å²) in [4.78, 5) is 49.8. The summed E-state index contributed by atoms with van der Waals surface area (Å²) in [7, 11) is 0. The van der Waals surface area contributed by atoms with Crippen molar-refractivity contribution in [3.63, 3.8) is 0 Å². The van der Waals surface area contributed by atoms with Gasteiger partial charge in [-0.2, -0.15) is 8.78 Å². The summed E-state index contributed by atoms with van der Waals surface area (Å²) in [5.74, 6) is -7.98. The van der Waals surface area contributed by atoms with Crippen molar-refractivity contribution in [2.75, 3.05) is 0 Å². The fourth-order valence-electron chi connectivity index (χ4n) is 4.09. The molecular weight excluding hydrogens is 461 g/mol. The summed E-state index contributed by atoms with van der Waals surface area (Å²) < 4.78 is 42.9. The zero-order chi connectivity index (χ0) is 23.9. The summed E-state index contributed by atoms with van der Waals surface area (Å²) in [6, 6.07) is 6.56. The third-order valence-electron chi connectivity index (χ3n) is 5.85. The number of benzene rings is 2. The van der Waals surface area contributed by atoms with Crippen LogP contribution in [0.1, 0.15) is 46.3 Å². The Kier molecular flexibility index (Phi) is 6.00. The lowest BCUT2D eigenvalue weighted by Crippen LogP contribution is -2.52. The number of Topliss-reactive ketones (excluding diaryl/α,β-unsaturated/α-hetero) is 1. The number of alkyl halides is 2. The molecule has 1 saturated heterocycles. The van der Waals surface area contributed by atoms with Gasteiger partial charge in [-0.15, -0.1) is 0 Å². The minimum Gasteiger partial charge on any atom is -0.322 e. The predicted octanol–water partition coefficient (Wildman–Crippen LogP) is 3.53. The number of amides is 3. The average Bonchev–Trinajstić information content (AvgIpc) is 3.07. The molecule has 0 aliphatic carbocycles. The number of imide groups is 1. The maximum Gasteiger partial charge on any atom is 0.333 e. The smallest absolute Gasteiger partial charge is 0.322 e. The number of rotatable bonds is 6. The summed E-state index contributed by atoms with van der Waals surface area (Å²) in [6.07, 6.45) is -0.226. The van der Waals surface area contributed by atoms with E-state index in [4.69, 9.17) is 11.6 Å². The molecule has 0 saturated carbocycles. The zero-order valence-electron chi connectivity index (χ0n) is 17.2. The van der Waals surface area contributed by atoms with Crippen LogP contribution >= 0.6 is 11.6 Å². The first kappa shape index (κ1) is 23.0. The largest absolute Gasteiger partial charge is 0.333 e. The minimum absolute atomic E-state index is 0.0382. The quantitative estimate of drug-likeness (QED) is 0.644. The molecule has 1 N–H and O–H groups in total. The molecule has 3 amide bonds. The van der Waals surface area contributed by atoms with Crippen molar-refractivity contribution < 1.29 is 32.3 Å². The molecule has 2 aromatic rings. The van der Waals surface area contributed by atoms with Gasteiger partial charge in [0.15, 0.2) is 0 Å². The summed E-state index contributed by atoms with van der Waals surface area (Å²) >= 11 is 5.58. The fraction of sp³-hybridized carbons (Fsp3) is 0.304. The molecule has 6 nitrogen and oxygen atoms in total. The SMILES string of the molecule is O=C1CCC(N2Cc3cc(CCC(=O)C(F)(F)c4ccc(Cl)cc4F)ccc3C2=O)C(=O)N1. The highest BCUT2D eigenvalue weighted by molar-refractivity contribution is 6.30. The first-order valence-corrected chi connectivity index (χ1v) is 10.6. The summed E-state index contributed by atoms with van der Waals surface area (Å²) in [6.45, 7) is 0.133. The topological polar surface area (TPSA) is 83.6 Å². The standard InChI is InChI=1S/C23H18ClF3N2O4/c24-14-3-5-16(17(25)10-14)23(26,27)19(30)7-2-12-1-4-15-13(9-12)11-29(22(15)33)18-6-8-20(31)28-21(18)32/h1,3-5,9-10,18H,2,6-8,11H2,(H,28,31,32). The molecule has 0 spiro atoms. The number of halogens is 4. The average molecular weight is 479 g/mol. The molecule has 2 aliphatic rings. The lowest BCUT2D eigenvalue weighted by molar-refractivity contribution is -0.144. The van der Waals surface area contributed by atoms with Crippen LogP contribution < -0.4 is 5.32 Å². The number of nitrogens with zero attached hydrogens (tertiary/aromatic N) is 1. The van der Waals surface area contributed by atoms with Gasteiger partial charge in [0, 0.05) is 30.0 Å². The number of carbonyl (C=O) groups excluding carboxylic acids is 4. The molecule has 1 unspecified atom stereocenters. The van der Waals surface area contributed by atoms with E-state index in [-0.39, 0.29) is 42.6 Å². The van der Waals surface area contributed by atoms with Crippen LogP contribution in [0.25, 0.3) is 0 Å². The predicted molar refractivity (Wildman–Crippen MR) is 111 cm³/mol. The normalized spacial score (nSPS) is 18.4.